The van der Waals surface area contributed by atoms with Crippen molar-refractivity contribution in [3.05, 3.63) is 57.3 Å². The van der Waals surface area contributed by atoms with E-state index in [1.165, 1.54) is 21.6 Å². The first-order chi connectivity index (χ1) is 7.72. The van der Waals surface area contributed by atoms with Crippen molar-refractivity contribution in [2.45, 2.75) is 25.6 Å². The summed E-state index contributed by atoms with van der Waals surface area (Å²) in [5, 5.41) is 2.12. The molecule has 0 aliphatic heterocycles. The summed E-state index contributed by atoms with van der Waals surface area (Å²) in [7, 11) is 0. The highest BCUT2D eigenvalue weighted by molar-refractivity contribution is 7.10. The molecular weight excluding hydrogens is 236 g/mol. The van der Waals surface area contributed by atoms with Gasteiger partial charge in [-0.1, -0.05) is 36.8 Å². The summed E-state index contributed by atoms with van der Waals surface area (Å²) in [5.74, 6) is 0. The summed E-state index contributed by atoms with van der Waals surface area (Å²) in [5.41, 5.74) is 3.82. The lowest BCUT2D eigenvalue weighted by Crippen LogP contribution is -1.93. The number of thiophene rings is 1. The van der Waals surface area contributed by atoms with Crippen molar-refractivity contribution in [3.63, 3.8) is 0 Å². The Kier molecular flexibility index (Phi) is 3.67. The van der Waals surface area contributed by atoms with Crippen LogP contribution in [0.3, 0.4) is 0 Å². The van der Waals surface area contributed by atoms with E-state index in [9.17, 15) is 0 Å². The SMILES string of the molecule is CCc1ccsc1C(Cl)c1ccc(C)cc1. The maximum atomic E-state index is 6.52. The van der Waals surface area contributed by atoms with Crippen molar-refractivity contribution in [2.24, 2.45) is 0 Å². The van der Waals surface area contributed by atoms with Crippen LogP contribution in [0.4, 0.5) is 0 Å². The fourth-order valence-corrected chi connectivity index (χ4v) is 3.19. The van der Waals surface area contributed by atoms with Crippen LogP contribution in [-0.2, 0) is 6.42 Å². The van der Waals surface area contributed by atoms with Crippen LogP contribution in [0.1, 0.15) is 33.9 Å². The lowest BCUT2D eigenvalue weighted by Gasteiger charge is -2.10. The van der Waals surface area contributed by atoms with Gasteiger partial charge in [0.2, 0.25) is 0 Å². The van der Waals surface area contributed by atoms with E-state index in [2.05, 4.69) is 49.6 Å². The molecule has 1 aromatic heterocycles. The van der Waals surface area contributed by atoms with E-state index in [1.54, 1.807) is 11.3 Å². The van der Waals surface area contributed by atoms with Gasteiger partial charge in [0, 0.05) is 4.88 Å². The highest BCUT2D eigenvalue weighted by atomic mass is 35.5. The smallest absolute Gasteiger partial charge is 0.0930 e. The Morgan fingerprint density at radius 3 is 2.50 bits per heavy atom. The summed E-state index contributed by atoms with van der Waals surface area (Å²) in [6, 6.07) is 10.6. The Hall–Kier alpha value is -0.790. The maximum absolute atomic E-state index is 6.52. The second-order valence-corrected chi connectivity index (χ2v) is 5.32. The van der Waals surface area contributed by atoms with Crippen LogP contribution >= 0.6 is 22.9 Å². The zero-order valence-electron chi connectivity index (χ0n) is 9.53. The molecule has 84 valence electrons. The van der Waals surface area contributed by atoms with Crippen LogP contribution in [0, 0.1) is 6.92 Å². The quantitative estimate of drug-likeness (QED) is 0.677. The maximum Gasteiger partial charge on any atom is 0.0930 e. The van der Waals surface area contributed by atoms with Crippen molar-refractivity contribution < 1.29 is 0 Å². The summed E-state index contributed by atoms with van der Waals surface area (Å²) >= 11 is 8.27. The highest BCUT2D eigenvalue weighted by Crippen LogP contribution is 2.35. The first kappa shape index (κ1) is 11.7. The number of halogens is 1. The highest BCUT2D eigenvalue weighted by Gasteiger charge is 2.15. The van der Waals surface area contributed by atoms with Gasteiger partial charge in [-0.05, 0) is 35.9 Å². The van der Waals surface area contributed by atoms with Crippen LogP contribution in [0.2, 0.25) is 0 Å². The summed E-state index contributed by atoms with van der Waals surface area (Å²) in [4.78, 5) is 1.29. The molecule has 2 aromatic rings. The molecule has 0 fully saturated rings. The van der Waals surface area contributed by atoms with Gasteiger partial charge in [0.05, 0.1) is 5.38 Å². The lowest BCUT2D eigenvalue weighted by atomic mass is 10.1. The van der Waals surface area contributed by atoms with E-state index in [-0.39, 0.29) is 5.38 Å². The van der Waals surface area contributed by atoms with E-state index in [4.69, 9.17) is 11.6 Å². The lowest BCUT2D eigenvalue weighted by molar-refractivity contribution is 1.07. The topological polar surface area (TPSA) is 0 Å². The van der Waals surface area contributed by atoms with Gasteiger partial charge in [-0.25, -0.2) is 0 Å². The van der Waals surface area contributed by atoms with Gasteiger partial charge < -0.3 is 0 Å². The van der Waals surface area contributed by atoms with Crippen molar-refractivity contribution in [2.75, 3.05) is 0 Å². The molecule has 0 N–H and O–H groups in total. The normalized spacial score (nSPS) is 12.7. The van der Waals surface area contributed by atoms with Gasteiger partial charge in [0.25, 0.3) is 0 Å². The number of hydrogen-bond donors (Lipinski definition) is 0. The first-order valence-electron chi connectivity index (χ1n) is 5.49. The van der Waals surface area contributed by atoms with Gasteiger partial charge in [-0.3, -0.25) is 0 Å². The molecule has 1 atom stereocenters. The van der Waals surface area contributed by atoms with Crippen LogP contribution in [0.25, 0.3) is 0 Å². The molecule has 0 amide bonds. The van der Waals surface area contributed by atoms with Crippen LogP contribution < -0.4 is 0 Å². The van der Waals surface area contributed by atoms with E-state index < -0.39 is 0 Å². The fraction of sp³-hybridized carbons (Fsp3) is 0.286. The molecule has 1 unspecified atom stereocenters. The van der Waals surface area contributed by atoms with Crippen LogP contribution in [0.15, 0.2) is 35.7 Å². The molecule has 2 rings (SSSR count). The van der Waals surface area contributed by atoms with E-state index in [0.29, 0.717) is 0 Å². The van der Waals surface area contributed by atoms with E-state index in [0.717, 1.165) is 6.42 Å². The number of rotatable bonds is 3. The fourth-order valence-electron chi connectivity index (χ4n) is 1.75. The minimum atomic E-state index is -0.00412. The van der Waals surface area contributed by atoms with Gasteiger partial charge in [-0.2, -0.15) is 0 Å². The predicted octanol–water partition coefficient (Wildman–Crippen LogP) is 4.95. The molecular formula is C14H15ClS. The molecule has 16 heavy (non-hydrogen) atoms. The van der Waals surface area contributed by atoms with Crippen LogP contribution in [-0.4, -0.2) is 0 Å². The zero-order chi connectivity index (χ0) is 11.5. The Labute approximate surface area is 106 Å². The molecule has 0 spiro atoms. The van der Waals surface area contributed by atoms with Gasteiger partial charge in [0.1, 0.15) is 0 Å². The van der Waals surface area contributed by atoms with Crippen molar-refractivity contribution in [1.29, 1.82) is 0 Å². The molecule has 0 radical (unpaired) electrons. The molecule has 0 saturated carbocycles. The Morgan fingerprint density at radius 2 is 1.88 bits per heavy atom. The number of aryl methyl sites for hydroxylation is 2. The third-order valence-electron chi connectivity index (χ3n) is 2.76. The number of hydrogen-bond acceptors (Lipinski definition) is 1. The van der Waals surface area contributed by atoms with Crippen LogP contribution in [0.5, 0.6) is 0 Å². The second-order valence-electron chi connectivity index (χ2n) is 3.94. The van der Waals surface area contributed by atoms with Gasteiger partial charge >= 0.3 is 0 Å². The molecule has 1 aromatic carbocycles. The Bertz CT molecular complexity index is 456. The van der Waals surface area contributed by atoms with Crippen molar-refractivity contribution in [1.82, 2.24) is 0 Å². The predicted molar refractivity (Wildman–Crippen MR) is 72.6 cm³/mol. The standard InChI is InChI=1S/C14H15ClS/c1-3-11-8-9-16-14(11)13(15)12-6-4-10(2)5-7-12/h4-9,13H,3H2,1-2H3. The minimum Gasteiger partial charge on any atom is -0.147 e. The van der Waals surface area contributed by atoms with Crippen molar-refractivity contribution >= 4 is 22.9 Å². The molecule has 0 aliphatic carbocycles. The second kappa shape index (κ2) is 5.03. The molecule has 0 bridgehead atoms. The summed E-state index contributed by atoms with van der Waals surface area (Å²) in [6.45, 7) is 4.26. The van der Waals surface area contributed by atoms with E-state index in [1.807, 2.05) is 0 Å². The van der Waals surface area contributed by atoms with E-state index >= 15 is 0 Å². The largest absolute Gasteiger partial charge is 0.147 e. The third kappa shape index (κ3) is 2.31. The van der Waals surface area contributed by atoms with Crippen molar-refractivity contribution in [3.8, 4) is 0 Å². The Morgan fingerprint density at radius 1 is 1.19 bits per heavy atom. The van der Waals surface area contributed by atoms with Gasteiger partial charge in [0.15, 0.2) is 0 Å². The molecule has 0 aliphatic rings. The van der Waals surface area contributed by atoms with Gasteiger partial charge in [-0.15, -0.1) is 22.9 Å². The average molecular weight is 251 g/mol. The molecule has 0 nitrogen and oxygen atoms in total. The average Bonchev–Trinajstić information content (AvgIpc) is 2.77. The minimum absolute atomic E-state index is 0.00412. The third-order valence-corrected chi connectivity index (χ3v) is 4.39. The number of benzene rings is 1. The summed E-state index contributed by atoms with van der Waals surface area (Å²) in [6.07, 6.45) is 1.05. The first-order valence-corrected chi connectivity index (χ1v) is 6.81. The monoisotopic (exact) mass is 250 g/mol. The Balaban J connectivity index is 2.31. The number of alkyl halides is 1. The molecule has 2 heteroatoms. The zero-order valence-corrected chi connectivity index (χ0v) is 11.1. The summed E-state index contributed by atoms with van der Waals surface area (Å²) < 4.78 is 0. The molecule has 1 heterocycles. The molecule has 0 saturated heterocycles.